The van der Waals surface area contributed by atoms with Crippen LogP contribution in [-0.4, -0.2) is 73.6 Å². The molecule has 0 bridgehead atoms. The molecule has 8 nitrogen and oxygen atoms in total. The molecule has 2 atom stereocenters. The molecule has 2 aliphatic rings. The predicted octanol–water partition coefficient (Wildman–Crippen LogP) is 1.62. The maximum atomic E-state index is 13.4. The highest BCUT2D eigenvalue weighted by Gasteiger charge is 2.38. The fourth-order valence-electron chi connectivity index (χ4n) is 4.04. The number of nitrogens with one attached hydrogen (secondary N) is 1. The number of esters is 1. The number of aryl methyl sites for hydroxylation is 1. The zero-order valence-corrected chi connectivity index (χ0v) is 17.4. The number of aromatic amines is 1. The molecule has 28 heavy (non-hydrogen) atoms. The quantitative estimate of drug-likeness (QED) is 0.712. The van der Waals surface area contributed by atoms with Crippen LogP contribution in [-0.2, 0) is 19.3 Å². The Morgan fingerprint density at radius 1 is 1.29 bits per heavy atom. The van der Waals surface area contributed by atoms with Crippen LogP contribution in [0.3, 0.4) is 0 Å². The molecule has 0 aliphatic carbocycles. The summed E-state index contributed by atoms with van der Waals surface area (Å²) in [5.74, 6) is -0.714. The molecule has 1 amide bonds. The van der Waals surface area contributed by atoms with Gasteiger partial charge in [0.15, 0.2) is 9.84 Å². The molecule has 1 aromatic heterocycles. The van der Waals surface area contributed by atoms with E-state index in [1.165, 1.54) is 0 Å². The minimum Gasteiger partial charge on any atom is -0.462 e. The van der Waals surface area contributed by atoms with E-state index in [1.54, 1.807) is 25.7 Å². The van der Waals surface area contributed by atoms with Crippen molar-refractivity contribution in [2.24, 2.45) is 0 Å². The van der Waals surface area contributed by atoms with Gasteiger partial charge in [-0.2, -0.15) is 0 Å². The number of carbonyl (C=O) groups excluding carboxylic acids is 2. The average Bonchev–Trinajstić information content (AvgIpc) is 3.32. The SMILES string of the molecule is CCOC(=O)c1c(C)[nH]c(C(=O)N(C[C@H]2CCCO2)[C@@H]2CCS(=O)(=O)C2)c1C. The number of hydrogen-bond acceptors (Lipinski definition) is 6. The van der Waals surface area contributed by atoms with Gasteiger partial charge < -0.3 is 19.4 Å². The number of H-pyrrole nitrogens is 1. The van der Waals surface area contributed by atoms with Crippen LogP contribution in [0.15, 0.2) is 0 Å². The van der Waals surface area contributed by atoms with Crippen molar-refractivity contribution < 1.29 is 27.5 Å². The van der Waals surface area contributed by atoms with E-state index in [9.17, 15) is 18.0 Å². The number of carbonyl (C=O) groups is 2. The molecule has 0 saturated carbocycles. The van der Waals surface area contributed by atoms with E-state index in [-0.39, 0.29) is 36.2 Å². The molecule has 0 spiro atoms. The first-order chi connectivity index (χ1) is 13.2. The highest BCUT2D eigenvalue weighted by atomic mass is 32.2. The number of ether oxygens (including phenoxy) is 2. The monoisotopic (exact) mass is 412 g/mol. The largest absolute Gasteiger partial charge is 0.462 e. The zero-order valence-electron chi connectivity index (χ0n) is 16.6. The highest BCUT2D eigenvalue weighted by Crippen LogP contribution is 2.26. The molecule has 1 aromatic rings. The smallest absolute Gasteiger partial charge is 0.340 e. The molecule has 0 unspecified atom stereocenters. The Morgan fingerprint density at radius 2 is 2.04 bits per heavy atom. The summed E-state index contributed by atoms with van der Waals surface area (Å²) in [6.45, 7) is 6.41. The van der Waals surface area contributed by atoms with Gasteiger partial charge in [0.05, 0.1) is 29.8 Å². The van der Waals surface area contributed by atoms with Crippen molar-refractivity contribution in [1.29, 1.82) is 0 Å². The lowest BCUT2D eigenvalue weighted by Gasteiger charge is -2.30. The van der Waals surface area contributed by atoms with Crippen LogP contribution in [0.2, 0.25) is 0 Å². The van der Waals surface area contributed by atoms with E-state index in [1.807, 2.05) is 0 Å². The summed E-state index contributed by atoms with van der Waals surface area (Å²) in [7, 11) is -3.14. The maximum Gasteiger partial charge on any atom is 0.340 e. The van der Waals surface area contributed by atoms with Crippen LogP contribution >= 0.6 is 0 Å². The number of hydrogen-bond donors (Lipinski definition) is 1. The van der Waals surface area contributed by atoms with Crippen LogP contribution in [0.1, 0.15) is 58.3 Å². The first-order valence-electron chi connectivity index (χ1n) is 9.72. The van der Waals surface area contributed by atoms with Gasteiger partial charge in [-0.3, -0.25) is 4.79 Å². The second-order valence-electron chi connectivity index (χ2n) is 7.49. The fourth-order valence-corrected chi connectivity index (χ4v) is 5.77. The molecular weight excluding hydrogens is 384 g/mol. The number of aromatic nitrogens is 1. The van der Waals surface area contributed by atoms with Crippen LogP contribution in [0.25, 0.3) is 0 Å². The van der Waals surface area contributed by atoms with Crippen molar-refractivity contribution in [3.05, 3.63) is 22.5 Å². The van der Waals surface area contributed by atoms with Crippen LogP contribution < -0.4 is 0 Å². The van der Waals surface area contributed by atoms with Crippen molar-refractivity contribution >= 4 is 21.7 Å². The van der Waals surface area contributed by atoms with Crippen molar-refractivity contribution in [2.45, 2.75) is 52.2 Å². The lowest BCUT2D eigenvalue weighted by atomic mass is 10.1. The summed E-state index contributed by atoms with van der Waals surface area (Å²) in [5.41, 5.74) is 1.76. The van der Waals surface area contributed by atoms with E-state index < -0.39 is 15.8 Å². The van der Waals surface area contributed by atoms with Gasteiger partial charge in [-0.15, -0.1) is 0 Å². The Labute approximate surface area is 165 Å². The molecule has 3 heterocycles. The standard InChI is InChI=1S/C19H28N2O6S/c1-4-26-19(23)16-12(2)17(20-13(16)3)18(22)21(10-15-6-5-8-27-15)14-7-9-28(24,25)11-14/h14-15,20H,4-11H2,1-3H3/t14-,15-/m1/s1. The Balaban J connectivity index is 1.90. The number of sulfone groups is 1. The van der Waals surface area contributed by atoms with Gasteiger partial charge in [0.2, 0.25) is 0 Å². The average molecular weight is 413 g/mol. The van der Waals surface area contributed by atoms with Crippen molar-refractivity contribution in [1.82, 2.24) is 9.88 Å². The zero-order chi connectivity index (χ0) is 20.5. The van der Waals surface area contributed by atoms with Crippen LogP contribution in [0.4, 0.5) is 0 Å². The topological polar surface area (TPSA) is 106 Å². The van der Waals surface area contributed by atoms with Gasteiger partial charge in [-0.1, -0.05) is 0 Å². The number of nitrogens with zero attached hydrogens (tertiary/aromatic N) is 1. The molecule has 3 rings (SSSR count). The first kappa shape index (κ1) is 20.9. The molecule has 0 radical (unpaired) electrons. The Bertz CT molecular complexity index is 854. The third-order valence-corrected chi connectivity index (χ3v) is 7.22. The summed E-state index contributed by atoms with van der Waals surface area (Å²) in [4.78, 5) is 30.3. The molecule has 156 valence electrons. The first-order valence-corrected chi connectivity index (χ1v) is 11.5. The molecule has 9 heteroatoms. The second-order valence-corrected chi connectivity index (χ2v) is 9.72. The fraction of sp³-hybridized carbons (Fsp3) is 0.684. The lowest BCUT2D eigenvalue weighted by Crippen LogP contribution is -2.45. The summed E-state index contributed by atoms with van der Waals surface area (Å²) in [6.07, 6.45) is 2.11. The molecule has 2 aliphatic heterocycles. The van der Waals surface area contributed by atoms with Crippen LogP contribution in [0, 0.1) is 13.8 Å². The van der Waals surface area contributed by atoms with Crippen molar-refractivity contribution in [2.75, 3.05) is 31.3 Å². The number of rotatable bonds is 6. The van der Waals surface area contributed by atoms with E-state index in [4.69, 9.17) is 9.47 Å². The highest BCUT2D eigenvalue weighted by molar-refractivity contribution is 7.91. The number of amides is 1. The minimum atomic E-state index is -3.14. The molecule has 1 N–H and O–H groups in total. The third-order valence-electron chi connectivity index (χ3n) is 5.47. The minimum absolute atomic E-state index is 0.0328. The van der Waals surface area contributed by atoms with Gasteiger partial charge in [0.25, 0.3) is 5.91 Å². The van der Waals surface area contributed by atoms with Crippen molar-refractivity contribution in [3.8, 4) is 0 Å². The predicted molar refractivity (Wildman–Crippen MR) is 103 cm³/mol. The molecule has 0 aromatic carbocycles. The van der Waals surface area contributed by atoms with Crippen LogP contribution in [0.5, 0.6) is 0 Å². The lowest BCUT2D eigenvalue weighted by molar-refractivity contribution is 0.0437. The summed E-state index contributed by atoms with van der Waals surface area (Å²) < 4.78 is 34.8. The van der Waals surface area contributed by atoms with Gasteiger partial charge >= 0.3 is 5.97 Å². The Kier molecular flexibility index (Phi) is 6.14. The van der Waals surface area contributed by atoms with Gasteiger partial charge in [-0.25, -0.2) is 13.2 Å². The maximum absolute atomic E-state index is 13.4. The van der Waals surface area contributed by atoms with Crippen molar-refractivity contribution in [3.63, 3.8) is 0 Å². The summed E-state index contributed by atoms with van der Waals surface area (Å²) in [5, 5.41) is 0. The normalized spacial score (nSPS) is 23.7. The third kappa shape index (κ3) is 4.25. The van der Waals surface area contributed by atoms with E-state index in [0.717, 1.165) is 12.8 Å². The molecule has 2 saturated heterocycles. The molecular formula is C19H28N2O6S. The van der Waals surface area contributed by atoms with E-state index in [2.05, 4.69) is 4.98 Å². The van der Waals surface area contributed by atoms with Gasteiger partial charge in [0, 0.05) is 24.9 Å². The molecule has 2 fully saturated rings. The van der Waals surface area contributed by atoms with Gasteiger partial charge in [0.1, 0.15) is 5.69 Å². The second kappa shape index (κ2) is 8.24. The Morgan fingerprint density at radius 3 is 2.61 bits per heavy atom. The van der Waals surface area contributed by atoms with E-state index >= 15 is 0 Å². The summed E-state index contributed by atoms with van der Waals surface area (Å²) >= 11 is 0. The Hall–Kier alpha value is -1.87. The van der Waals surface area contributed by atoms with Gasteiger partial charge in [-0.05, 0) is 45.6 Å². The van der Waals surface area contributed by atoms with E-state index in [0.29, 0.717) is 42.1 Å². The summed E-state index contributed by atoms with van der Waals surface area (Å²) in [6, 6.07) is -0.379.